The molecule has 0 atom stereocenters. The van der Waals surface area contributed by atoms with Crippen molar-refractivity contribution in [1.29, 1.82) is 0 Å². The molecule has 0 spiro atoms. The van der Waals surface area contributed by atoms with Crippen LogP contribution in [-0.4, -0.2) is 41.8 Å². The highest BCUT2D eigenvalue weighted by Gasteiger charge is 2.19. The van der Waals surface area contributed by atoms with E-state index in [0.717, 1.165) is 26.1 Å². The maximum atomic E-state index is 9.06. The highest BCUT2D eigenvalue weighted by atomic mass is 16.3. The van der Waals surface area contributed by atoms with Crippen LogP contribution in [-0.2, 0) is 0 Å². The summed E-state index contributed by atoms with van der Waals surface area (Å²) in [6, 6.07) is 0. The number of allylic oxidation sites excluding steroid dienone is 2. The van der Waals surface area contributed by atoms with Crippen LogP contribution in [0.5, 0.6) is 0 Å². The van der Waals surface area contributed by atoms with Crippen LogP contribution >= 0.6 is 0 Å². The van der Waals surface area contributed by atoms with Crippen LogP contribution in [0, 0.1) is 0 Å². The largest absolute Gasteiger partial charge is 0.392 e. The summed E-state index contributed by atoms with van der Waals surface area (Å²) < 4.78 is 2.30. The molecule has 1 heterocycles. The Labute approximate surface area is 156 Å². The van der Waals surface area contributed by atoms with Gasteiger partial charge in [0.1, 0.15) is 19.6 Å². The van der Waals surface area contributed by atoms with Gasteiger partial charge in [0.2, 0.25) is 5.84 Å². The maximum absolute atomic E-state index is 9.06. The lowest BCUT2D eigenvalue weighted by Gasteiger charge is -2.03. The normalized spacial score (nSPS) is 14.6. The van der Waals surface area contributed by atoms with Crippen LogP contribution in [0.3, 0.4) is 0 Å². The number of unbranched alkanes of at least 4 members (excludes halogenated alkanes) is 11. The van der Waals surface area contributed by atoms with E-state index in [1.54, 1.807) is 0 Å². The third kappa shape index (κ3) is 12.2. The van der Waals surface area contributed by atoms with Gasteiger partial charge in [0.15, 0.2) is 0 Å². The second kappa shape index (κ2) is 16.6. The van der Waals surface area contributed by atoms with Gasteiger partial charge in [-0.15, -0.1) is 0 Å². The molecule has 0 saturated carbocycles. The van der Waals surface area contributed by atoms with Gasteiger partial charge in [-0.3, -0.25) is 9.89 Å². The average Bonchev–Trinajstić information content (AvgIpc) is 3.06. The third-order valence-electron chi connectivity index (χ3n) is 5.14. The van der Waals surface area contributed by atoms with E-state index in [4.69, 9.17) is 5.11 Å². The first kappa shape index (κ1) is 22.2. The van der Waals surface area contributed by atoms with Gasteiger partial charge >= 0.3 is 0 Å². The van der Waals surface area contributed by atoms with E-state index in [9.17, 15) is 0 Å². The first-order valence-electron chi connectivity index (χ1n) is 11.0. The van der Waals surface area contributed by atoms with Crippen LogP contribution in [0.25, 0.3) is 0 Å². The van der Waals surface area contributed by atoms with Crippen molar-refractivity contribution >= 4 is 5.84 Å². The van der Waals surface area contributed by atoms with Crippen molar-refractivity contribution in [2.45, 2.75) is 96.8 Å². The monoisotopic (exact) mass is 351 g/mol. The predicted molar refractivity (Wildman–Crippen MR) is 110 cm³/mol. The Hall–Kier alpha value is -0.830. The number of β-amino-alcohol motifs (C(OH)–C–C–N with tert-alkyl or cyclic N) is 1. The molecule has 0 saturated heterocycles. The van der Waals surface area contributed by atoms with E-state index >= 15 is 0 Å². The van der Waals surface area contributed by atoms with E-state index < -0.39 is 0 Å². The summed E-state index contributed by atoms with van der Waals surface area (Å²) in [5.41, 5.74) is 0. The third-order valence-corrected chi connectivity index (χ3v) is 5.14. The molecule has 0 aromatic rings. The van der Waals surface area contributed by atoms with Crippen LogP contribution in [0.4, 0.5) is 0 Å². The number of amidine groups is 1. The summed E-state index contributed by atoms with van der Waals surface area (Å²) in [4.78, 5) is 0. The fourth-order valence-corrected chi connectivity index (χ4v) is 3.56. The molecule has 3 heteroatoms. The summed E-state index contributed by atoms with van der Waals surface area (Å²) in [6.07, 6.45) is 23.6. The number of nitrogens with zero attached hydrogens (tertiary/aromatic N) is 1. The van der Waals surface area contributed by atoms with Gasteiger partial charge in [-0.2, -0.15) is 0 Å². The molecule has 0 aromatic carbocycles. The Kier molecular flexibility index (Phi) is 14.8. The standard InChI is InChI=1S/C22H42N2O/c1-2-3-4-5-6-7-8-9-10-11-12-13-14-15-16-17-22-23-18-19-24(22)20-21-25/h9-10,25H,2-8,11-21H2,1H3/p+1/b10-9+. The van der Waals surface area contributed by atoms with Crippen molar-refractivity contribution in [1.82, 2.24) is 5.32 Å². The second-order valence-electron chi connectivity index (χ2n) is 7.42. The molecule has 2 N–H and O–H groups in total. The molecular formula is C22H43N2O+. The number of rotatable bonds is 17. The summed E-state index contributed by atoms with van der Waals surface area (Å²) in [6.45, 7) is 5.42. The Morgan fingerprint density at radius 2 is 1.48 bits per heavy atom. The quantitative estimate of drug-likeness (QED) is 0.219. The zero-order valence-corrected chi connectivity index (χ0v) is 16.8. The van der Waals surface area contributed by atoms with Crippen molar-refractivity contribution in [2.75, 3.05) is 26.2 Å². The Bertz CT molecular complexity index is 363. The van der Waals surface area contributed by atoms with Gasteiger partial charge in [-0.1, -0.05) is 70.4 Å². The van der Waals surface area contributed by atoms with Crippen molar-refractivity contribution in [2.24, 2.45) is 0 Å². The summed E-state index contributed by atoms with van der Waals surface area (Å²) in [5, 5.41) is 12.5. The van der Waals surface area contributed by atoms with E-state index in [2.05, 4.69) is 29.0 Å². The van der Waals surface area contributed by atoms with Gasteiger partial charge in [0, 0.05) is 6.42 Å². The number of aliphatic hydroxyl groups excluding tert-OH is 1. The number of nitrogens with one attached hydrogen (secondary N) is 1. The van der Waals surface area contributed by atoms with Crippen LogP contribution < -0.4 is 5.32 Å². The fourth-order valence-electron chi connectivity index (χ4n) is 3.56. The summed E-state index contributed by atoms with van der Waals surface area (Å²) >= 11 is 0. The van der Waals surface area contributed by atoms with Gasteiger partial charge in [-0.25, -0.2) is 0 Å². The van der Waals surface area contributed by atoms with Gasteiger partial charge in [0.05, 0.1) is 6.61 Å². The second-order valence-corrected chi connectivity index (χ2v) is 7.42. The van der Waals surface area contributed by atoms with Gasteiger partial charge in [-0.05, 0) is 32.1 Å². The molecule has 1 rings (SSSR count). The Balaban J connectivity index is 1.84. The topological polar surface area (TPSA) is 35.3 Å². The Morgan fingerprint density at radius 1 is 0.880 bits per heavy atom. The summed E-state index contributed by atoms with van der Waals surface area (Å²) in [5.74, 6) is 1.35. The summed E-state index contributed by atoms with van der Waals surface area (Å²) in [7, 11) is 0. The van der Waals surface area contributed by atoms with Gasteiger partial charge < -0.3 is 5.11 Å². The van der Waals surface area contributed by atoms with Crippen LogP contribution in [0.15, 0.2) is 12.2 Å². The van der Waals surface area contributed by atoms with Crippen molar-refractivity contribution < 1.29 is 9.68 Å². The minimum Gasteiger partial charge on any atom is -0.392 e. The minimum absolute atomic E-state index is 0.261. The molecule has 0 bridgehead atoms. The first-order chi connectivity index (χ1) is 12.4. The zero-order valence-electron chi connectivity index (χ0n) is 16.8. The van der Waals surface area contributed by atoms with Crippen molar-refractivity contribution in [3.05, 3.63) is 12.2 Å². The fraction of sp³-hybridized carbons (Fsp3) is 0.864. The maximum Gasteiger partial charge on any atom is 0.245 e. The van der Waals surface area contributed by atoms with E-state index in [1.165, 1.54) is 89.3 Å². The molecule has 146 valence electrons. The highest BCUT2D eigenvalue weighted by Crippen LogP contribution is 2.10. The zero-order chi connectivity index (χ0) is 18.0. The smallest absolute Gasteiger partial charge is 0.245 e. The van der Waals surface area contributed by atoms with Crippen LogP contribution in [0.2, 0.25) is 0 Å². The molecule has 0 radical (unpaired) electrons. The van der Waals surface area contributed by atoms with Gasteiger partial charge in [0.25, 0.3) is 0 Å². The number of hydrogen-bond donors (Lipinski definition) is 2. The lowest BCUT2D eigenvalue weighted by molar-refractivity contribution is -0.521. The number of aliphatic hydroxyl groups is 1. The lowest BCUT2D eigenvalue weighted by Crippen LogP contribution is -2.24. The average molecular weight is 352 g/mol. The number of hydrogen-bond acceptors (Lipinski definition) is 2. The Morgan fingerprint density at radius 3 is 2.12 bits per heavy atom. The first-order valence-corrected chi connectivity index (χ1v) is 11.0. The van der Waals surface area contributed by atoms with Crippen molar-refractivity contribution in [3.63, 3.8) is 0 Å². The highest BCUT2D eigenvalue weighted by molar-refractivity contribution is 5.78. The molecule has 1 aliphatic heterocycles. The molecule has 0 aromatic heterocycles. The minimum atomic E-state index is 0.261. The molecule has 0 aliphatic carbocycles. The molecule has 3 nitrogen and oxygen atoms in total. The van der Waals surface area contributed by atoms with E-state index in [1.807, 2.05) is 0 Å². The lowest BCUT2D eigenvalue weighted by atomic mass is 10.1. The SMILES string of the molecule is CCCCCCCC/C=C/CCCCCCCC1=[N+](CCO)CCN1. The van der Waals surface area contributed by atoms with Crippen LogP contribution in [0.1, 0.15) is 96.8 Å². The molecule has 0 fully saturated rings. The molecule has 25 heavy (non-hydrogen) atoms. The predicted octanol–water partition coefficient (Wildman–Crippen LogP) is 5.03. The van der Waals surface area contributed by atoms with E-state index in [-0.39, 0.29) is 6.61 Å². The molecule has 0 unspecified atom stereocenters. The molecular weight excluding hydrogens is 308 g/mol. The van der Waals surface area contributed by atoms with E-state index in [0.29, 0.717) is 0 Å². The van der Waals surface area contributed by atoms with Crippen molar-refractivity contribution in [3.8, 4) is 0 Å². The molecule has 1 aliphatic rings. The molecule has 0 amide bonds.